The fraction of sp³-hybridized carbons (Fsp3) is 0.588. The minimum atomic E-state index is -3.22. The van der Waals surface area contributed by atoms with Gasteiger partial charge in [0.15, 0.2) is 0 Å². The monoisotopic (exact) mass is 352 g/mol. The molecule has 1 aromatic rings. The quantitative estimate of drug-likeness (QED) is 0.815. The van der Waals surface area contributed by atoms with Gasteiger partial charge in [-0.3, -0.25) is 9.10 Å². The van der Waals surface area contributed by atoms with Crippen LogP contribution in [0, 0.1) is 0 Å². The Morgan fingerprint density at radius 3 is 2.29 bits per heavy atom. The van der Waals surface area contributed by atoms with Gasteiger partial charge in [-0.15, -0.1) is 0 Å². The molecular weight excluding hydrogens is 328 g/mol. The second-order valence-corrected chi connectivity index (χ2v) is 8.62. The van der Waals surface area contributed by atoms with Crippen LogP contribution >= 0.6 is 0 Å². The van der Waals surface area contributed by atoms with Crippen molar-refractivity contribution in [3.63, 3.8) is 0 Å². The molecule has 0 aromatic heterocycles. The zero-order chi connectivity index (χ0) is 17.3. The van der Waals surface area contributed by atoms with Crippen LogP contribution < -0.4 is 4.31 Å². The van der Waals surface area contributed by atoms with Gasteiger partial charge in [0.1, 0.15) is 0 Å². The summed E-state index contributed by atoms with van der Waals surface area (Å²) in [6.07, 6.45) is 1.62. The molecule has 2 saturated heterocycles. The molecule has 0 spiro atoms. The van der Waals surface area contributed by atoms with Crippen molar-refractivity contribution >= 4 is 21.6 Å². The number of rotatable bonds is 2. The second-order valence-electron chi connectivity index (χ2n) is 6.61. The Morgan fingerprint density at radius 1 is 1.08 bits per heavy atom. The average molecular weight is 352 g/mol. The van der Waals surface area contributed by atoms with Crippen LogP contribution in [0.2, 0.25) is 0 Å². The van der Waals surface area contributed by atoms with Crippen LogP contribution in [-0.2, 0) is 14.8 Å². The largest absolute Gasteiger partial charge is 0.372 e. The van der Waals surface area contributed by atoms with E-state index < -0.39 is 10.0 Å². The molecule has 6 nitrogen and oxygen atoms in total. The number of carbonyl (C=O) groups is 1. The summed E-state index contributed by atoms with van der Waals surface area (Å²) in [5, 5.41) is 0. The summed E-state index contributed by atoms with van der Waals surface area (Å²) in [6, 6.07) is 6.88. The molecule has 0 N–H and O–H groups in total. The van der Waals surface area contributed by atoms with Crippen molar-refractivity contribution in [3.05, 3.63) is 29.8 Å². The molecule has 2 atom stereocenters. The number of anilines is 1. The van der Waals surface area contributed by atoms with Gasteiger partial charge in [0, 0.05) is 25.2 Å². The number of ether oxygens (including phenoxy) is 1. The van der Waals surface area contributed by atoms with E-state index in [0.717, 1.165) is 6.42 Å². The van der Waals surface area contributed by atoms with Crippen molar-refractivity contribution in [3.8, 4) is 0 Å². The molecule has 0 radical (unpaired) electrons. The van der Waals surface area contributed by atoms with Crippen molar-refractivity contribution < 1.29 is 17.9 Å². The minimum Gasteiger partial charge on any atom is -0.372 e. The Hall–Kier alpha value is -1.60. The van der Waals surface area contributed by atoms with Gasteiger partial charge in [0.05, 0.1) is 23.6 Å². The molecule has 2 fully saturated rings. The first kappa shape index (κ1) is 17.2. The highest BCUT2D eigenvalue weighted by Gasteiger charge is 2.28. The number of amides is 1. The zero-order valence-corrected chi connectivity index (χ0v) is 15.0. The molecule has 0 aliphatic carbocycles. The summed E-state index contributed by atoms with van der Waals surface area (Å²) in [5.41, 5.74) is 1.21. The van der Waals surface area contributed by atoms with Crippen molar-refractivity contribution in [2.75, 3.05) is 29.7 Å². The SMILES string of the molecule is C[C@@H]1CN(C(=O)c2ccc(N3CCCCS3(=O)=O)cc2)C[C@@H](C)O1. The van der Waals surface area contributed by atoms with E-state index in [-0.39, 0.29) is 23.9 Å². The molecule has 0 bridgehead atoms. The third kappa shape index (κ3) is 3.57. The number of benzene rings is 1. The van der Waals surface area contributed by atoms with E-state index in [2.05, 4.69) is 0 Å². The fourth-order valence-corrected chi connectivity index (χ4v) is 5.01. The van der Waals surface area contributed by atoms with Crippen LogP contribution in [0.1, 0.15) is 37.0 Å². The first-order valence-electron chi connectivity index (χ1n) is 8.42. The second kappa shape index (κ2) is 6.72. The Labute approximate surface area is 143 Å². The molecule has 2 heterocycles. The van der Waals surface area contributed by atoms with E-state index in [1.54, 1.807) is 29.2 Å². The maximum atomic E-state index is 12.6. The first-order valence-corrected chi connectivity index (χ1v) is 10.0. The first-order chi connectivity index (χ1) is 11.4. The number of hydrogen-bond donors (Lipinski definition) is 0. The topological polar surface area (TPSA) is 66.9 Å². The number of sulfonamides is 1. The van der Waals surface area contributed by atoms with Crippen LogP contribution in [0.25, 0.3) is 0 Å². The summed E-state index contributed by atoms with van der Waals surface area (Å²) in [4.78, 5) is 14.4. The van der Waals surface area contributed by atoms with E-state index in [1.165, 1.54) is 4.31 Å². The molecule has 2 aliphatic rings. The summed E-state index contributed by atoms with van der Waals surface area (Å²) in [5.74, 6) is 0.155. The van der Waals surface area contributed by atoms with Crippen molar-refractivity contribution in [1.82, 2.24) is 4.90 Å². The molecular formula is C17H24N2O4S. The zero-order valence-electron chi connectivity index (χ0n) is 14.1. The van der Waals surface area contributed by atoms with Crippen molar-refractivity contribution in [2.24, 2.45) is 0 Å². The predicted molar refractivity (Wildman–Crippen MR) is 92.7 cm³/mol. The van der Waals surface area contributed by atoms with E-state index in [0.29, 0.717) is 37.3 Å². The third-order valence-corrected chi connectivity index (χ3v) is 6.33. The highest BCUT2D eigenvalue weighted by atomic mass is 32.2. The Balaban J connectivity index is 1.75. The van der Waals surface area contributed by atoms with Crippen molar-refractivity contribution in [2.45, 2.75) is 38.9 Å². The average Bonchev–Trinajstić information content (AvgIpc) is 2.53. The molecule has 1 amide bonds. The molecule has 24 heavy (non-hydrogen) atoms. The Morgan fingerprint density at radius 2 is 1.71 bits per heavy atom. The number of hydrogen-bond acceptors (Lipinski definition) is 4. The molecule has 132 valence electrons. The predicted octanol–water partition coefficient (Wildman–Crippen LogP) is 1.87. The standard InChI is InChI=1S/C17H24N2O4S/c1-13-11-18(12-14(2)23-13)17(20)15-5-7-16(8-6-15)19-9-3-4-10-24(19,21)22/h5-8,13-14H,3-4,9-12H2,1-2H3/t13-,14-/m1/s1. The highest BCUT2D eigenvalue weighted by Crippen LogP contribution is 2.24. The van der Waals surface area contributed by atoms with Gasteiger partial charge >= 0.3 is 0 Å². The summed E-state index contributed by atoms with van der Waals surface area (Å²) in [6.45, 7) is 5.57. The lowest BCUT2D eigenvalue weighted by Gasteiger charge is -2.35. The van der Waals surface area contributed by atoms with E-state index >= 15 is 0 Å². The lowest BCUT2D eigenvalue weighted by atomic mass is 10.1. The molecule has 7 heteroatoms. The summed E-state index contributed by atoms with van der Waals surface area (Å²) >= 11 is 0. The molecule has 0 saturated carbocycles. The summed E-state index contributed by atoms with van der Waals surface area (Å²) in [7, 11) is -3.22. The normalized spacial score (nSPS) is 27.1. The maximum absolute atomic E-state index is 12.6. The van der Waals surface area contributed by atoms with Gasteiger partial charge in [0.25, 0.3) is 5.91 Å². The number of morpholine rings is 1. The van der Waals surface area contributed by atoms with Gasteiger partial charge in [-0.2, -0.15) is 0 Å². The van der Waals surface area contributed by atoms with Gasteiger partial charge in [-0.25, -0.2) is 8.42 Å². The highest BCUT2D eigenvalue weighted by molar-refractivity contribution is 7.92. The van der Waals surface area contributed by atoms with E-state index in [1.807, 2.05) is 13.8 Å². The lowest BCUT2D eigenvalue weighted by molar-refractivity contribution is -0.0586. The van der Waals surface area contributed by atoms with E-state index in [4.69, 9.17) is 4.74 Å². The maximum Gasteiger partial charge on any atom is 0.254 e. The minimum absolute atomic E-state index is 0.0236. The van der Waals surface area contributed by atoms with Crippen LogP contribution in [0.5, 0.6) is 0 Å². The van der Waals surface area contributed by atoms with Crippen molar-refractivity contribution in [1.29, 1.82) is 0 Å². The van der Waals surface area contributed by atoms with Crippen LogP contribution in [0.15, 0.2) is 24.3 Å². The van der Waals surface area contributed by atoms with Crippen LogP contribution in [0.4, 0.5) is 5.69 Å². The molecule has 1 aromatic carbocycles. The fourth-order valence-electron chi connectivity index (χ4n) is 3.38. The van der Waals surface area contributed by atoms with Gasteiger partial charge in [-0.05, 0) is 51.0 Å². The van der Waals surface area contributed by atoms with Crippen LogP contribution in [0.3, 0.4) is 0 Å². The Bertz CT molecular complexity index is 692. The molecule has 2 aliphatic heterocycles. The molecule has 0 unspecified atom stereocenters. The smallest absolute Gasteiger partial charge is 0.254 e. The third-order valence-electron chi connectivity index (χ3n) is 4.46. The van der Waals surface area contributed by atoms with Gasteiger partial charge < -0.3 is 9.64 Å². The summed E-state index contributed by atoms with van der Waals surface area (Å²) < 4.78 is 31.4. The lowest BCUT2D eigenvalue weighted by Crippen LogP contribution is -2.48. The van der Waals surface area contributed by atoms with Crippen LogP contribution in [-0.4, -0.2) is 56.8 Å². The number of carbonyl (C=O) groups excluding carboxylic acids is 1. The molecule has 3 rings (SSSR count). The van der Waals surface area contributed by atoms with Gasteiger partial charge in [-0.1, -0.05) is 0 Å². The van der Waals surface area contributed by atoms with Gasteiger partial charge in [0.2, 0.25) is 10.0 Å². The number of nitrogens with zero attached hydrogens (tertiary/aromatic N) is 2. The van der Waals surface area contributed by atoms with E-state index in [9.17, 15) is 13.2 Å². The Kier molecular flexibility index (Phi) is 4.83.